The van der Waals surface area contributed by atoms with Crippen LogP contribution in [-0.2, 0) is 6.54 Å². The number of hydrogen-bond acceptors (Lipinski definition) is 2. The van der Waals surface area contributed by atoms with E-state index in [0.29, 0.717) is 0 Å². The smallest absolute Gasteiger partial charge is 0.382 e. The predicted molar refractivity (Wildman–Crippen MR) is 42.3 cm³/mol. The lowest BCUT2D eigenvalue weighted by molar-refractivity contribution is -0.207. The van der Waals surface area contributed by atoms with Gasteiger partial charge in [0, 0.05) is 12.4 Å². The van der Waals surface area contributed by atoms with E-state index in [0.717, 1.165) is 0 Å². The zero-order valence-corrected chi connectivity index (χ0v) is 7.12. The predicted octanol–water partition coefficient (Wildman–Crippen LogP) is 0.891. The van der Waals surface area contributed by atoms with Crippen molar-refractivity contribution in [1.29, 1.82) is 5.41 Å². The van der Waals surface area contributed by atoms with Crippen LogP contribution in [0.3, 0.4) is 0 Å². The number of alkyl halides is 3. The second kappa shape index (κ2) is 3.83. The number of aromatic nitrogens is 1. The zero-order valence-electron chi connectivity index (χ0n) is 7.12. The lowest BCUT2D eigenvalue weighted by atomic mass is 10.3. The minimum atomic E-state index is -4.60. The van der Waals surface area contributed by atoms with Crippen molar-refractivity contribution in [3.63, 3.8) is 0 Å². The van der Waals surface area contributed by atoms with Gasteiger partial charge in [0.15, 0.2) is 6.10 Å². The van der Waals surface area contributed by atoms with Crippen molar-refractivity contribution in [2.24, 2.45) is 0 Å². The van der Waals surface area contributed by atoms with Crippen molar-refractivity contribution in [1.82, 2.24) is 4.57 Å². The normalized spacial score (nSPS) is 14.0. The topological polar surface area (TPSA) is 49.0 Å². The highest BCUT2D eigenvalue weighted by molar-refractivity contribution is 4.91. The van der Waals surface area contributed by atoms with Gasteiger partial charge in [-0.25, -0.2) is 0 Å². The van der Waals surface area contributed by atoms with E-state index in [-0.39, 0.29) is 5.36 Å². The number of nitrogens with one attached hydrogen (secondary N) is 1. The summed E-state index contributed by atoms with van der Waals surface area (Å²) in [7, 11) is 0. The van der Waals surface area contributed by atoms with Gasteiger partial charge in [0.1, 0.15) is 0 Å². The second-order valence-electron chi connectivity index (χ2n) is 2.84. The Morgan fingerprint density at radius 2 is 1.86 bits per heavy atom. The molecule has 78 valence electrons. The fourth-order valence-corrected chi connectivity index (χ4v) is 0.882. The molecule has 1 unspecified atom stereocenters. The summed E-state index contributed by atoms with van der Waals surface area (Å²) < 4.78 is 36.9. The lowest BCUT2D eigenvalue weighted by Crippen LogP contribution is -2.32. The second-order valence-corrected chi connectivity index (χ2v) is 2.84. The third kappa shape index (κ3) is 2.88. The molecule has 14 heavy (non-hydrogen) atoms. The standard InChI is InChI=1S/C8H9F3N2O/c9-8(10,11)7(14)5-13-3-1-6(12)2-4-13/h1-4,7,12,14H,5H2. The van der Waals surface area contributed by atoms with E-state index >= 15 is 0 Å². The van der Waals surface area contributed by atoms with Crippen LogP contribution in [0.5, 0.6) is 0 Å². The number of nitrogens with zero attached hydrogens (tertiary/aromatic N) is 1. The summed E-state index contributed by atoms with van der Waals surface area (Å²) in [5, 5.41) is 16.0. The van der Waals surface area contributed by atoms with Crippen LogP contribution in [-0.4, -0.2) is 22.0 Å². The van der Waals surface area contributed by atoms with Crippen LogP contribution in [0.25, 0.3) is 0 Å². The van der Waals surface area contributed by atoms with Crippen molar-refractivity contribution in [3.05, 3.63) is 29.9 Å². The SMILES string of the molecule is N=c1ccn(CC(O)C(F)(F)F)cc1. The third-order valence-corrected chi connectivity index (χ3v) is 1.65. The van der Waals surface area contributed by atoms with E-state index in [2.05, 4.69) is 0 Å². The Kier molecular flexibility index (Phi) is 2.95. The monoisotopic (exact) mass is 206 g/mol. The van der Waals surface area contributed by atoms with Crippen LogP contribution in [0.2, 0.25) is 0 Å². The molecule has 1 rings (SSSR count). The Morgan fingerprint density at radius 3 is 2.29 bits per heavy atom. The van der Waals surface area contributed by atoms with Crippen molar-refractivity contribution in [3.8, 4) is 0 Å². The van der Waals surface area contributed by atoms with Gasteiger partial charge in [-0.3, -0.25) is 0 Å². The Labute approximate surface area is 77.9 Å². The van der Waals surface area contributed by atoms with Gasteiger partial charge >= 0.3 is 6.18 Å². The molecule has 0 aliphatic heterocycles. The summed E-state index contributed by atoms with van der Waals surface area (Å²) in [6.07, 6.45) is -4.34. The highest BCUT2D eigenvalue weighted by Crippen LogP contribution is 2.20. The average Bonchev–Trinajstić information content (AvgIpc) is 2.07. The molecule has 1 atom stereocenters. The van der Waals surface area contributed by atoms with Crippen LogP contribution >= 0.6 is 0 Å². The summed E-state index contributed by atoms with van der Waals surface area (Å²) in [6, 6.07) is 2.70. The Hall–Kier alpha value is -1.30. The van der Waals surface area contributed by atoms with Crippen molar-refractivity contribution in [2.75, 3.05) is 0 Å². The average molecular weight is 206 g/mol. The summed E-state index contributed by atoms with van der Waals surface area (Å²) >= 11 is 0. The Bertz CT molecular complexity index is 338. The molecule has 1 heterocycles. The molecule has 0 fully saturated rings. The molecule has 2 N–H and O–H groups in total. The van der Waals surface area contributed by atoms with Gasteiger partial charge in [-0.05, 0) is 12.1 Å². The van der Waals surface area contributed by atoms with E-state index < -0.39 is 18.8 Å². The van der Waals surface area contributed by atoms with Gasteiger partial charge in [0.25, 0.3) is 0 Å². The maximum absolute atomic E-state index is 11.9. The molecule has 0 spiro atoms. The molecule has 1 aromatic heterocycles. The van der Waals surface area contributed by atoms with E-state index in [9.17, 15) is 13.2 Å². The molecular formula is C8H9F3N2O. The van der Waals surface area contributed by atoms with Gasteiger partial charge < -0.3 is 15.1 Å². The fourth-order valence-electron chi connectivity index (χ4n) is 0.882. The molecule has 0 amide bonds. The summed E-state index contributed by atoms with van der Waals surface area (Å²) in [5.41, 5.74) is 0. The van der Waals surface area contributed by atoms with Gasteiger partial charge in [-0.1, -0.05) is 0 Å². The number of halogens is 3. The van der Waals surface area contributed by atoms with Gasteiger partial charge in [-0.15, -0.1) is 0 Å². The molecular weight excluding hydrogens is 197 g/mol. The van der Waals surface area contributed by atoms with Gasteiger partial charge in [-0.2, -0.15) is 13.2 Å². The van der Waals surface area contributed by atoms with Crippen molar-refractivity contribution >= 4 is 0 Å². The molecule has 0 aliphatic rings. The maximum atomic E-state index is 11.9. The van der Waals surface area contributed by atoms with E-state index in [4.69, 9.17) is 10.5 Å². The first-order valence-corrected chi connectivity index (χ1v) is 3.85. The number of rotatable bonds is 2. The highest BCUT2D eigenvalue weighted by atomic mass is 19.4. The minimum absolute atomic E-state index is 0.211. The number of aliphatic hydroxyl groups is 1. The quantitative estimate of drug-likeness (QED) is 0.741. The number of aliphatic hydroxyl groups excluding tert-OH is 1. The molecule has 3 nitrogen and oxygen atoms in total. The number of pyridine rings is 1. The van der Waals surface area contributed by atoms with Gasteiger partial charge in [0.05, 0.1) is 11.9 Å². The molecule has 0 aliphatic carbocycles. The molecule has 0 aromatic carbocycles. The molecule has 1 aromatic rings. The summed E-state index contributed by atoms with van der Waals surface area (Å²) in [5.74, 6) is 0. The maximum Gasteiger partial charge on any atom is 0.416 e. The molecule has 0 bridgehead atoms. The largest absolute Gasteiger partial charge is 0.416 e. The first-order chi connectivity index (χ1) is 6.39. The minimum Gasteiger partial charge on any atom is -0.382 e. The fraction of sp³-hybridized carbons (Fsp3) is 0.375. The van der Waals surface area contributed by atoms with Crippen LogP contribution in [0.1, 0.15) is 0 Å². The van der Waals surface area contributed by atoms with E-state index in [1.165, 1.54) is 29.1 Å². The van der Waals surface area contributed by atoms with Crippen LogP contribution in [0, 0.1) is 5.41 Å². The van der Waals surface area contributed by atoms with E-state index in [1.807, 2.05) is 0 Å². The van der Waals surface area contributed by atoms with Gasteiger partial charge in [0.2, 0.25) is 0 Å². The Morgan fingerprint density at radius 1 is 1.36 bits per heavy atom. The Balaban J connectivity index is 2.70. The summed E-state index contributed by atoms with van der Waals surface area (Å²) in [4.78, 5) is 0. The zero-order chi connectivity index (χ0) is 10.8. The molecule has 0 radical (unpaired) electrons. The van der Waals surface area contributed by atoms with Crippen LogP contribution in [0.4, 0.5) is 13.2 Å². The van der Waals surface area contributed by atoms with Crippen LogP contribution < -0.4 is 5.36 Å². The number of hydrogen-bond donors (Lipinski definition) is 2. The molecule has 0 saturated heterocycles. The first kappa shape index (κ1) is 10.8. The van der Waals surface area contributed by atoms with E-state index in [1.54, 1.807) is 0 Å². The molecule has 6 heteroatoms. The molecule has 0 saturated carbocycles. The van der Waals surface area contributed by atoms with Crippen molar-refractivity contribution < 1.29 is 18.3 Å². The van der Waals surface area contributed by atoms with Crippen LogP contribution in [0.15, 0.2) is 24.5 Å². The summed E-state index contributed by atoms with van der Waals surface area (Å²) in [6.45, 7) is -0.552. The first-order valence-electron chi connectivity index (χ1n) is 3.85. The van der Waals surface area contributed by atoms with Crippen molar-refractivity contribution in [2.45, 2.75) is 18.8 Å². The highest BCUT2D eigenvalue weighted by Gasteiger charge is 2.37. The lowest BCUT2D eigenvalue weighted by Gasteiger charge is -2.15. The third-order valence-electron chi connectivity index (χ3n) is 1.65.